The van der Waals surface area contributed by atoms with Crippen LogP contribution in [0.15, 0.2) is 16.3 Å². The van der Waals surface area contributed by atoms with Crippen molar-refractivity contribution in [2.24, 2.45) is 0 Å². The van der Waals surface area contributed by atoms with Crippen LogP contribution >= 0.6 is 23.1 Å². The molecule has 0 radical (unpaired) electrons. The van der Waals surface area contributed by atoms with Gasteiger partial charge in [0, 0.05) is 15.8 Å². The van der Waals surface area contributed by atoms with E-state index in [9.17, 15) is 9.59 Å². The summed E-state index contributed by atoms with van der Waals surface area (Å²) in [5.74, 6) is -0.957. The Morgan fingerprint density at radius 1 is 1.53 bits per heavy atom. The molecule has 1 aromatic heterocycles. The lowest BCUT2D eigenvalue weighted by Crippen LogP contribution is -2.45. The van der Waals surface area contributed by atoms with Gasteiger partial charge in [0.15, 0.2) is 0 Å². The van der Waals surface area contributed by atoms with Gasteiger partial charge < -0.3 is 10.4 Å². The Labute approximate surface area is 121 Å². The Kier molecular flexibility index (Phi) is 5.43. The number of rotatable bonds is 6. The minimum Gasteiger partial charge on any atom is -0.477 e. The number of hydrogen-bond donors (Lipinski definition) is 2. The quantitative estimate of drug-likeness (QED) is 0.792. The lowest BCUT2D eigenvalue weighted by molar-refractivity contribution is -0.121. The molecule has 0 aliphatic heterocycles. The van der Waals surface area contributed by atoms with E-state index in [0.717, 1.165) is 11.3 Å². The first kappa shape index (κ1) is 16.0. The molecule has 19 heavy (non-hydrogen) atoms. The van der Waals surface area contributed by atoms with E-state index in [2.05, 4.69) is 5.32 Å². The highest BCUT2D eigenvalue weighted by Gasteiger charge is 2.22. The van der Waals surface area contributed by atoms with Crippen molar-refractivity contribution in [2.75, 3.05) is 0 Å². The molecule has 1 rings (SSSR count). The molecule has 0 aliphatic rings. The first-order chi connectivity index (χ1) is 8.75. The molecule has 2 N–H and O–H groups in total. The summed E-state index contributed by atoms with van der Waals surface area (Å²) in [6.07, 6.45) is 0.859. The lowest BCUT2D eigenvalue weighted by Gasteiger charge is -2.26. The van der Waals surface area contributed by atoms with Gasteiger partial charge >= 0.3 is 5.97 Å². The Balaban J connectivity index is 2.61. The van der Waals surface area contributed by atoms with Crippen molar-refractivity contribution < 1.29 is 14.7 Å². The van der Waals surface area contributed by atoms with Crippen LogP contribution in [0.25, 0.3) is 0 Å². The van der Waals surface area contributed by atoms with Crippen LogP contribution < -0.4 is 5.32 Å². The van der Waals surface area contributed by atoms with Gasteiger partial charge in [-0.05, 0) is 33.3 Å². The summed E-state index contributed by atoms with van der Waals surface area (Å²) in [4.78, 5) is 23.9. The third kappa shape index (κ3) is 4.87. The molecule has 0 aliphatic carbocycles. The Morgan fingerprint density at radius 3 is 2.63 bits per heavy atom. The maximum Gasteiger partial charge on any atom is 0.345 e. The van der Waals surface area contributed by atoms with E-state index >= 15 is 0 Å². The van der Waals surface area contributed by atoms with Crippen LogP contribution in [-0.4, -0.2) is 27.8 Å². The first-order valence-corrected chi connectivity index (χ1v) is 7.81. The molecule has 6 heteroatoms. The second kappa shape index (κ2) is 6.43. The average molecular weight is 301 g/mol. The molecular formula is C13H19NO3S2. The molecule has 1 unspecified atom stereocenters. The number of aromatic carboxylic acids is 1. The number of nitrogens with one attached hydrogen (secondary N) is 1. The molecule has 1 amide bonds. The maximum absolute atomic E-state index is 12.0. The highest BCUT2D eigenvalue weighted by molar-refractivity contribution is 8.00. The summed E-state index contributed by atoms with van der Waals surface area (Å²) in [5.41, 5.74) is -0.216. The Bertz CT molecular complexity index is 468. The fourth-order valence-electron chi connectivity index (χ4n) is 1.27. The molecular weight excluding hydrogens is 282 g/mol. The van der Waals surface area contributed by atoms with E-state index in [0.29, 0.717) is 4.88 Å². The summed E-state index contributed by atoms with van der Waals surface area (Å²) >= 11 is 2.55. The average Bonchev–Trinajstić information content (AvgIpc) is 2.77. The van der Waals surface area contributed by atoms with Crippen LogP contribution in [0.4, 0.5) is 0 Å². The standard InChI is InChI=1S/C13H19NO3S2/c1-5-13(3,4)14-11(15)8(2)19-9-6-10(12(16)17)18-7-9/h6-8H,5H2,1-4H3,(H,14,15)(H,16,17). The Morgan fingerprint density at radius 2 is 2.16 bits per heavy atom. The third-order valence-corrected chi connectivity index (χ3v) is 4.96. The number of carboxylic acid groups (broad SMARTS) is 1. The second-order valence-corrected chi connectivity index (χ2v) is 7.26. The van der Waals surface area contributed by atoms with E-state index < -0.39 is 5.97 Å². The van der Waals surface area contributed by atoms with Crippen LogP contribution in [0.5, 0.6) is 0 Å². The molecule has 1 atom stereocenters. The number of amides is 1. The lowest BCUT2D eigenvalue weighted by atomic mass is 10.0. The molecule has 0 aromatic carbocycles. The van der Waals surface area contributed by atoms with E-state index in [-0.39, 0.29) is 16.7 Å². The number of carbonyl (C=O) groups is 2. The second-order valence-electron chi connectivity index (χ2n) is 4.94. The summed E-state index contributed by atoms with van der Waals surface area (Å²) < 4.78 is 0. The molecule has 0 fully saturated rings. The number of carbonyl (C=O) groups excluding carboxylic acids is 1. The summed E-state index contributed by atoms with van der Waals surface area (Å²) in [5, 5.41) is 13.3. The monoisotopic (exact) mass is 301 g/mol. The van der Waals surface area contributed by atoms with Gasteiger partial charge in [0.05, 0.1) is 5.25 Å². The van der Waals surface area contributed by atoms with Crippen LogP contribution in [0.2, 0.25) is 0 Å². The number of thioether (sulfide) groups is 1. The predicted molar refractivity (Wildman–Crippen MR) is 79.1 cm³/mol. The van der Waals surface area contributed by atoms with Crippen molar-refractivity contribution >= 4 is 35.0 Å². The van der Waals surface area contributed by atoms with Gasteiger partial charge in [-0.1, -0.05) is 6.92 Å². The van der Waals surface area contributed by atoms with Crippen LogP contribution in [0.3, 0.4) is 0 Å². The molecule has 1 aromatic rings. The molecule has 106 valence electrons. The van der Waals surface area contributed by atoms with Crippen molar-refractivity contribution in [3.05, 3.63) is 16.3 Å². The van der Waals surface area contributed by atoms with Crippen molar-refractivity contribution in [1.82, 2.24) is 5.32 Å². The number of thiophene rings is 1. The van der Waals surface area contributed by atoms with Crippen molar-refractivity contribution in [3.63, 3.8) is 0 Å². The van der Waals surface area contributed by atoms with Gasteiger partial charge in [0.25, 0.3) is 0 Å². The van der Waals surface area contributed by atoms with Gasteiger partial charge in [-0.2, -0.15) is 0 Å². The zero-order chi connectivity index (χ0) is 14.6. The SMILES string of the molecule is CCC(C)(C)NC(=O)C(C)Sc1csc(C(=O)O)c1. The molecule has 1 heterocycles. The van der Waals surface area contributed by atoms with Gasteiger partial charge in [-0.3, -0.25) is 4.79 Å². The molecule has 0 saturated heterocycles. The normalized spacial score (nSPS) is 13.1. The fraction of sp³-hybridized carbons (Fsp3) is 0.538. The topological polar surface area (TPSA) is 66.4 Å². The maximum atomic E-state index is 12.0. The highest BCUT2D eigenvalue weighted by atomic mass is 32.2. The van der Waals surface area contributed by atoms with Crippen LogP contribution in [-0.2, 0) is 4.79 Å². The highest BCUT2D eigenvalue weighted by Crippen LogP contribution is 2.28. The Hall–Kier alpha value is -1.01. The largest absolute Gasteiger partial charge is 0.477 e. The predicted octanol–water partition coefficient (Wildman–Crippen LogP) is 3.23. The van der Waals surface area contributed by atoms with Gasteiger partial charge in [0.2, 0.25) is 5.91 Å². The molecule has 0 spiro atoms. The van der Waals surface area contributed by atoms with Gasteiger partial charge in [0.1, 0.15) is 4.88 Å². The van der Waals surface area contributed by atoms with E-state index in [1.54, 1.807) is 11.4 Å². The smallest absolute Gasteiger partial charge is 0.345 e. The van der Waals surface area contributed by atoms with E-state index in [4.69, 9.17) is 5.11 Å². The van der Waals surface area contributed by atoms with Crippen LogP contribution in [0, 0.1) is 0 Å². The van der Waals surface area contributed by atoms with Crippen molar-refractivity contribution in [1.29, 1.82) is 0 Å². The van der Waals surface area contributed by atoms with E-state index in [1.807, 2.05) is 27.7 Å². The van der Waals surface area contributed by atoms with Crippen molar-refractivity contribution in [2.45, 2.75) is 49.8 Å². The first-order valence-electron chi connectivity index (χ1n) is 6.05. The fourth-order valence-corrected chi connectivity index (χ4v) is 3.08. The summed E-state index contributed by atoms with van der Waals surface area (Å²) in [7, 11) is 0. The zero-order valence-electron chi connectivity index (χ0n) is 11.5. The van der Waals surface area contributed by atoms with Gasteiger partial charge in [-0.25, -0.2) is 4.79 Å². The minimum atomic E-state index is -0.930. The summed E-state index contributed by atoms with van der Waals surface area (Å²) in [6, 6.07) is 1.60. The van der Waals surface area contributed by atoms with E-state index in [1.165, 1.54) is 23.1 Å². The van der Waals surface area contributed by atoms with Crippen molar-refractivity contribution in [3.8, 4) is 0 Å². The molecule has 0 saturated carbocycles. The minimum absolute atomic E-state index is 0.0278. The number of carboxylic acids is 1. The zero-order valence-corrected chi connectivity index (χ0v) is 13.2. The van der Waals surface area contributed by atoms with Crippen LogP contribution in [0.1, 0.15) is 43.8 Å². The summed E-state index contributed by atoms with van der Waals surface area (Å²) in [6.45, 7) is 7.81. The molecule has 0 bridgehead atoms. The molecule has 4 nitrogen and oxygen atoms in total. The van der Waals surface area contributed by atoms with Gasteiger partial charge in [-0.15, -0.1) is 23.1 Å². The number of hydrogen-bond acceptors (Lipinski definition) is 4. The third-order valence-electron chi connectivity index (χ3n) is 2.81.